The predicted molar refractivity (Wildman–Crippen MR) is 92.4 cm³/mol. The Hall–Kier alpha value is -2.26. The number of carbonyl (C=O) groups is 1. The standard InChI is InChI=1S/C16H13F2N3O2S2/c1-21-14(13-3-2-8-24-13)19-20-16(21)25-9-12(22)10-4-6-11(7-5-10)23-15(17)18/h2-8,15H,9H2,1H3. The van der Waals surface area contributed by atoms with E-state index in [0.29, 0.717) is 10.7 Å². The summed E-state index contributed by atoms with van der Waals surface area (Å²) in [5.41, 5.74) is 0.426. The van der Waals surface area contributed by atoms with Crippen molar-refractivity contribution < 1.29 is 18.3 Å². The van der Waals surface area contributed by atoms with Gasteiger partial charge in [0.15, 0.2) is 16.8 Å². The molecule has 2 aromatic heterocycles. The number of hydrogen-bond acceptors (Lipinski definition) is 6. The van der Waals surface area contributed by atoms with E-state index in [9.17, 15) is 13.6 Å². The van der Waals surface area contributed by atoms with E-state index in [2.05, 4.69) is 14.9 Å². The van der Waals surface area contributed by atoms with Crippen molar-refractivity contribution in [1.29, 1.82) is 0 Å². The number of Topliss-reactive ketones (excluding diaryl/α,β-unsaturated/α-hetero) is 1. The van der Waals surface area contributed by atoms with Gasteiger partial charge in [0.25, 0.3) is 0 Å². The molecule has 130 valence electrons. The van der Waals surface area contributed by atoms with Crippen molar-refractivity contribution in [2.24, 2.45) is 7.05 Å². The summed E-state index contributed by atoms with van der Waals surface area (Å²) in [4.78, 5) is 13.2. The summed E-state index contributed by atoms with van der Waals surface area (Å²) in [6, 6.07) is 9.52. The third kappa shape index (κ3) is 4.23. The van der Waals surface area contributed by atoms with Gasteiger partial charge >= 0.3 is 6.61 Å². The molecule has 0 spiro atoms. The summed E-state index contributed by atoms with van der Waals surface area (Å²) in [6.07, 6.45) is 0. The van der Waals surface area contributed by atoms with Gasteiger partial charge in [-0.1, -0.05) is 17.8 Å². The van der Waals surface area contributed by atoms with Crippen LogP contribution in [0.5, 0.6) is 5.75 Å². The maximum atomic E-state index is 12.2. The summed E-state index contributed by atoms with van der Waals surface area (Å²) in [5.74, 6) is 0.812. The molecule has 0 aliphatic carbocycles. The van der Waals surface area contributed by atoms with E-state index in [1.165, 1.54) is 36.0 Å². The van der Waals surface area contributed by atoms with Gasteiger partial charge in [-0.25, -0.2) is 0 Å². The van der Waals surface area contributed by atoms with Crippen LogP contribution in [-0.2, 0) is 7.05 Å². The van der Waals surface area contributed by atoms with Crippen molar-refractivity contribution >= 4 is 28.9 Å². The molecule has 0 atom stereocenters. The molecular weight excluding hydrogens is 368 g/mol. The molecule has 25 heavy (non-hydrogen) atoms. The third-order valence-electron chi connectivity index (χ3n) is 3.31. The second-order valence-corrected chi connectivity index (χ2v) is 6.85. The highest BCUT2D eigenvalue weighted by molar-refractivity contribution is 7.99. The summed E-state index contributed by atoms with van der Waals surface area (Å²) in [7, 11) is 1.85. The van der Waals surface area contributed by atoms with Gasteiger partial charge in [-0.2, -0.15) is 8.78 Å². The molecule has 0 unspecified atom stereocenters. The number of alkyl halides is 2. The Balaban J connectivity index is 1.63. The van der Waals surface area contributed by atoms with Crippen LogP contribution in [0.2, 0.25) is 0 Å². The van der Waals surface area contributed by atoms with Crippen molar-refractivity contribution in [3.63, 3.8) is 0 Å². The zero-order valence-electron chi connectivity index (χ0n) is 13.1. The molecule has 0 aliphatic heterocycles. The Kier molecular flexibility index (Phi) is 5.44. The summed E-state index contributed by atoms with van der Waals surface area (Å²) in [5, 5.41) is 10.9. The highest BCUT2D eigenvalue weighted by atomic mass is 32.2. The van der Waals surface area contributed by atoms with Crippen molar-refractivity contribution in [3.05, 3.63) is 47.3 Å². The fraction of sp³-hybridized carbons (Fsp3) is 0.188. The molecule has 0 radical (unpaired) electrons. The number of thioether (sulfide) groups is 1. The Labute approximate surface area is 150 Å². The average Bonchev–Trinajstić information content (AvgIpc) is 3.22. The van der Waals surface area contributed by atoms with Gasteiger partial charge in [0.1, 0.15) is 5.75 Å². The van der Waals surface area contributed by atoms with Crippen LogP contribution in [0.25, 0.3) is 10.7 Å². The quantitative estimate of drug-likeness (QED) is 0.455. The lowest BCUT2D eigenvalue weighted by Gasteiger charge is -2.05. The van der Waals surface area contributed by atoms with E-state index in [1.807, 2.05) is 29.1 Å². The fourth-order valence-corrected chi connectivity index (χ4v) is 3.65. The van der Waals surface area contributed by atoms with Crippen LogP contribution < -0.4 is 4.74 Å². The zero-order chi connectivity index (χ0) is 17.8. The molecule has 1 aromatic carbocycles. The van der Waals surface area contributed by atoms with Gasteiger partial charge in [0, 0.05) is 12.6 Å². The minimum Gasteiger partial charge on any atom is -0.435 e. The molecule has 0 aliphatic rings. The molecule has 5 nitrogen and oxygen atoms in total. The maximum Gasteiger partial charge on any atom is 0.387 e. The van der Waals surface area contributed by atoms with E-state index in [0.717, 1.165) is 10.7 Å². The summed E-state index contributed by atoms with van der Waals surface area (Å²) < 4.78 is 30.3. The number of carbonyl (C=O) groups excluding carboxylic acids is 1. The summed E-state index contributed by atoms with van der Waals surface area (Å²) >= 11 is 2.84. The minimum absolute atomic E-state index is 0.0214. The Morgan fingerprint density at radius 3 is 2.68 bits per heavy atom. The third-order valence-corrected chi connectivity index (χ3v) is 5.20. The number of thiophene rings is 1. The molecule has 3 aromatic rings. The molecule has 0 saturated heterocycles. The molecule has 0 fully saturated rings. The van der Waals surface area contributed by atoms with Crippen LogP contribution in [0.4, 0.5) is 8.78 Å². The number of rotatable bonds is 7. The number of ether oxygens (including phenoxy) is 1. The normalized spacial score (nSPS) is 11.0. The molecule has 9 heteroatoms. The second-order valence-electron chi connectivity index (χ2n) is 4.96. The van der Waals surface area contributed by atoms with E-state index in [4.69, 9.17) is 0 Å². The van der Waals surface area contributed by atoms with Crippen LogP contribution >= 0.6 is 23.1 Å². The molecule has 3 rings (SSSR count). The predicted octanol–water partition coefficient (Wildman–Crippen LogP) is 4.12. The Morgan fingerprint density at radius 2 is 2.04 bits per heavy atom. The Morgan fingerprint density at radius 1 is 1.28 bits per heavy atom. The van der Waals surface area contributed by atoms with Crippen LogP contribution in [0.1, 0.15) is 10.4 Å². The van der Waals surface area contributed by atoms with Gasteiger partial charge in [0.2, 0.25) is 0 Å². The van der Waals surface area contributed by atoms with Gasteiger partial charge in [-0.3, -0.25) is 4.79 Å². The SMILES string of the molecule is Cn1c(SCC(=O)c2ccc(OC(F)F)cc2)nnc1-c1cccs1. The lowest BCUT2D eigenvalue weighted by molar-refractivity contribution is -0.0498. The highest BCUT2D eigenvalue weighted by Crippen LogP contribution is 2.26. The molecule has 2 heterocycles. The van der Waals surface area contributed by atoms with Crippen LogP contribution in [0, 0.1) is 0 Å². The van der Waals surface area contributed by atoms with E-state index in [1.54, 1.807) is 11.3 Å². The number of nitrogens with zero attached hydrogens (tertiary/aromatic N) is 3. The lowest BCUT2D eigenvalue weighted by Crippen LogP contribution is -2.05. The fourth-order valence-electron chi connectivity index (χ4n) is 2.10. The van der Waals surface area contributed by atoms with Crippen LogP contribution in [0.15, 0.2) is 46.9 Å². The number of benzene rings is 1. The minimum atomic E-state index is -2.88. The number of aromatic nitrogens is 3. The topological polar surface area (TPSA) is 57.0 Å². The smallest absolute Gasteiger partial charge is 0.387 e. The number of ketones is 1. The molecule has 0 bridgehead atoms. The van der Waals surface area contributed by atoms with Crippen LogP contribution in [0.3, 0.4) is 0 Å². The van der Waals surface area contributed by atoms with Crippen molar-refractivity contribution in [1.82, 2.24) is 14.8 Å². The molecular formula is C16H13F2N3O2S2. The first-order valence-electron chi connectivity index (χ1n) is 7.18. The van der Waals surface area contributed by atoms with E-state index < -0.39 is 6.61 Å². The maximum absolute atomic E-state index is 12.2. The monoisotopic (exact) mass is 381 g/mol. The van der Waals surface area contributed by atoms with Gasteiger partial charge in [-0.05, 0) is 35.7 Å². The molecule has 0 N–H and O–H groups in total. The average molecular weight is 381 g/mol. The van der Waals surface area contributed by atoms with E-state index >= 15 is 0 Å². The first kappa shape index (κ1) is 17.6. The molecule has 0 amide bonds. The first-order chi connectivity index (χ1) is 12.0. The zero-order valence-corrected chi connectivity index (χ0v) is 14.7. The second kappa shape index (κ2) is 7.75. The lowest BCUT2D eigenvalue weighted by atomic mass is 10.1. The number of halogens is 2. The first-order valence-corrected chi connectivity index (χ1v) is 9.05. The van der Waals surface area contributed by atoms with Crippen molar-refractivity contribution in [2.75, 3.05) is 5.75 Å². The van der Waals surface area contributed by atoms with Gasteiger partial charge < -0.3 is 9.30 Å². The largest absolute Gasteiger partial charge is 0.435 e. The van der Waals surface area contributed by atoms with E-state index in [-0.39, 0.29) is 17.3 Å². The van der Waals surface area contributed by atoms with Crippen molar-refractivity contribution in [3.8, 4) is 16.5 Å². The highest BCUT2D eigenvalue weighted by Gasteiger charge is 2.14. The Bertz CT molecular complexity index is 849. The number of hydrogen-bond donors (Lipinski definition) is 0. The van der Waals surface area contributed by atoms with Crippen LogP contribution in [-0.4, -0.2) is 32.9 Å². The van der Waals surface area contributed by atoms with Crippen molar-refractivity contribution in [2.45, 2.75) is 11.8 Å². The summed E-state index contributed by atoms with van der Waals surface area (Å²) in [6.45, 7) is -2.88. The molecule has 0 saturated carbocycles. The van der Waals surface area contributed by atoms with Gasteiger partial charge in [-0.15, -0.1) is 21.5 Å². The van der Waals surface area contributed by atoms with Gasteiger partial charge in [0.05, 0.1) is 10.6 Å².